The van der Waals surface area contributed by atoms with E-state index in [1.165, 1.54) is 40.7 Å². The zero-order valence-electron chi connectivity index (χ0n) is 17.2. The lowest BCUT2D eigenvalue weighted by Crippen LogP contribution is -2.47. The molecule has 5 nitrogen and oxygen atoms in total. The molecule has 10 heteroatoms. The summed E-state index contributed by atoms with van der Waals surface area (Å²) in [6.07, 6.45) is -1.30. The maximum atomic E-state index is 13.6. The van der Waals surface area contributed by atoms with Crippen molar-refractivity contribution in [3.05, 3.63) is 64.7 Å². The average Bonchev–Trinajstić information content (AvgIpc) is 2.98. The monoisotopic (exact) mass is 488 g/mol. The van der Waals surface area contributed by atoms with Gasteiger partial charge in [-0.25, -0.2) is 8.42 Å². The van der Waals surface area contributed by atoms with E-state index in [2.05, 4.69) is 0 Å². The van der Waals surface area contributed by atoms with Crippen LogP contribution in [0.25, 0.3) is 0 Å². The van der Waals surface area contributed by atoms with Gasteiger partial charge in [-0.15, -0.1) is 0 Å². The van der Waals surface area contributed by atoms with Crippen molar-refractivity contribution in [3.8, 4) is 0 Å². The van der Waals surface area contributed by atoms with Gasteiger partial charge < -0.3 is 5.73 Å². The third-order valence-electron chi connectivity index (χ3n) is 5.75. The van der Waals surface area contributed by atoms with Crippen molar-refractivity contribution >= 4 is 27.5 Å². The second kappa shape index (κ2) is 9.80. The Kier molecular flexibility index (Phi) is 7.52. The Hall–Kier alpha value is -2.10. The minimum atomic E-state index is -4.49. The quantitative estimate of drug-likeness (QED) is 0.582. The van der Waals surface area contributed by atoms with Gasteiger partial charge in [0.2, 0.25) is 15.9 Å². The molecule has 1 saturated carbocycles. The number of alkyl halides is 3. The van der Waals surface area contributed by atoms with Gasteiger partial charge in [-0.2, -0.15) is 17.5 Å². The summed E-state index contributed by atoms with van der Waals surface area (Å²) in [6.45, 7) is -0.183. The lowest BCUT2D eigenvalue weighted by molar-refractivity contribution is -0.137. The molecule has 3 rings (SSSR count). The van der Waals surface area contributed by atoms with Gasteiger partial charge in [0.05, 0.1) is 16.4 Å². The molecule has 0 bridgehead atoms. The van der Waals surface area contributed by atoms with Gasteiger partial charge in [-0.05, 0) is 54.8 Å². The van der Waals surface area contributed by atoms with Crippen molar-refractivity contribution in [2.75, 3.05) is 0 Å². The van der Waals surface area contributed by atoms with Gasteiger partial charge in [-0.1, -0.05) is 43.0 Å². The Morgan fingerprint density at radius 2 is 1.59 bits per heavy atom. The van der Waals surface area contributed by atoms with Crippen LogP contribution in [0.5, 0.6) is 0 Å². The van der Waals surface area contributed by atoms with Gasteiger partial charge in [0.15, 0.2) is 0 Å². The topological polar surface area (TPSA) is 80.5 Å². The molecule has 2 aromatic rings. The summed E-state index contributed by atoms with van der Waals surface area (Å²) in [5.74, 6) is -1.27. The number of nitrogens with zero attached hydrogens (tertiary/aromatic N) is 1. The molecule has 0 radical (unpaired) electrons. The van der Waals surface area contributed by atoms with E-state index in [0.717, 1.165) is 25.0 Å². The number of halogens is 4. The number of hydrogen-bond donors (Lipinski definition) is 1. The van der Waals surface area contributed by atoms with Crippen molar-refractivity contribution in [2.24, 2.45) is 11.7 Å². The summed E-state index contributed by atoms with van der Waals surface area (Å²) in [5.41, 5.74) is 5.18. The fraction of sp³-hybridized carbons (Fsp3) is 0.409. The van der Waals surface area contributed by atoms with Crippen molar-refractivity contribution in [3.63, 3.8) is 0 Å². The molecule has 0 unspecified atom stereocenters. The van der Waals surface area contributed by atoms with Gasteiger partial charge in [0, 0.05) is 17.6 Å². The average molecular weight is 489 g/mol. The molecule has 32 heavy (non-hydrogen) atoms. The van der Waals surface area contributed by atoms with E-state index in [1.54, 1.807) is 0 Å². The summed E-state index contributed by atoms with van der Waals surface area (Å²) in [4.78, 5) is 12.2. The SMILES string of the molecule is NC(=O)[C@@H]1CCCCC[C@@H]1N(Cc1ccc(C(F)(F)F)cc1)S(=O)(=O)c1ccc(Cl)cc1. The van der Waals surface area contributed by atoms with Gasteiger partial charge in [-0.3, -0.25) is 4.79 Å². The Morgan fingerprint density at radius 1 is 1.00 bits per heavy atom. The Labute approximate surface area is 190 Å². The molecule has 0 spiro atoms. The summed E-state index contributed by atoms with van der Waals surface area (Å²) in [6, 6.07) is 9.28. The second-order valence-corrected chi connectivity index (χ2v) is 10.2. The standard InChI is InChI=1S/C22H24ClF3N2O3S/c23-17-10-12-18(13-11-17)32(30,31)28(20-5-3-1-2-4-19(20)21(27)29)14-15-6-8-16(9-7-15)22(24,25)26/h6-13,19-20H,1-5,14H2,(H2,27,29)/t19-,20+/m1/s1. The fourth-order valence-corrected chi connectivity index (χ4v) is 5.87. The molecular formula is C22H24ClF3N2O3S. The van der Waals surface area contributed by atoms with Crippen LogP contribution in [0.15, 0.2) is 53.4 Å². The van der Waals surface area contributed by atoms with Crippen LogP contribution < -0.4 is 5.73 Å². The number of benzene rings is 2. The van der Waals surface area contributed by atoms with E-state index in [0.29, 0.717) is 29.8 Å². The van der Waals surface area contributed by atoms with E-state index in [4.69, 9.17) is 17.3 Å². The highest BCUT2D eigenvalue weighted by molar-refractivity contribution is 7.89. The third kappa shape index (κ3) is 5.63. The van der Waals surface area contributed by atoms with E-state index < -0.39 is 39.6 Å². The van der Waals surface area contributed by atoms with Crippen LogP contribution in [0.2, 0.25) is 5.02 Å². The fourth-order valence-electron chi connectivity index (χ4n) is 4.07. The van der Waals surface area contributed by atoms with Crippen molar-refractivity contribution in [2.45, 2.75) is 55.8 Å². The molecule has 1 aliphatic rings. The number of sulfonamides is 1. The molecular weight excluding hydrogens is 465 g/mol. The van der Waals surface area contributed by atoms with Crippen LogP contribution in [-0.4, -0.2) is 24.7 Å². The Bertz CT molecular complexity index is 1040. The number of carbonyl (C=O) groups is 1. The van der Waals surface area contributed by atoms with Crippen LogP contribution in [0.1, 0.15) is 43.2 Å². The molecule has 0 aromatic heterocycles. The molecule has 0 saturated heterocycles. The van der Waals surface area contributed by atoms with Crippen molar-refractivity contribution in [1.29, 1.82) is 0 Å². The van der Waals surface area contributed by atoms with Crippen LogP contribution in [0.4, 0.5) is 13.2 Å². The summed E-state index contributed by atoms with van der Waals surface area (Å²) >= 11 is 5.90. The van der Waals surface area contributed by atoms with E-state index in [1.807, 2.05) is 0 Å². The number of hydrogen-bond acceptors (Lipinski definition) is 3. The molecule has 2 aromatic carbocycles. The zero-order valence-corrected chi connectivity index (χ0v) is 18.8. The largest absolute Gasteiger partial charge is 0.416 e. The first-order chi connectivity index (χ1) is 15.0. The second-order valence-electron chi connectivity index (χ2n) is 7.91. The smallest absolute Gasteiger partial charge is 0.369 e. The Morgan fingerprint density at radius 3 is 2.16 bits per heavy atom. The lowest BCUT2D eigenvalue weighted by atomic mass is 9.93. The molecule has 1 aliphatic carbocycles. The van der Waals surface area contributed by atoms with E-state index in [9.17, 15) is 26.4 Å². The summed E-state index contributed by atoms with van der Waals surface area (Å²) < 4.78 is 67.2. The summed E-state index contributed by atoms with van der Waals surface area (Å²) in [7, 11) is -4.09. The molecule has 0 aliphatic heterocycles. The molecule has 2 atom stereocenters. The maximum Gasteiger partial charge on any atom is 0.416 e. The predicted molar refractivity (Wildman–Crippen MR) is 115 cm³/mol. The molecule has 0 heterocycles. The minimum absolute atomic E-state index is 0.0127. The van der Waals surface area contributed by atoms with E-state index >= 15 is 0 Å². The first kappa shape index (κ1) is 24.5. The zero-order chi connectivity index (χ0) is 23.5. The van der Waals surface area contributed by atoms with Gasteiger partial charge in [0.25, 0.3) is 0 Å². The highest BCUT2D eigenvalue weighted by atomic mass is 35.5. The first-order valence-corrected chi connectivity index (χ1v) is 12.0. The number of nitrogens with two attached hydrogens (primary N) is 1. The third-order valence-corrected chi connectivity index (χ3v) is 7.89. The maximum absolute atomic E-state index is 13.6. The Balaban J connectivity index is 2.04. The van der Waals surface area contributed by atoms with E-state index in [-0.39, 0.29) is 11.4 Å². The highest BCUT2D eigenvalue weighted by Crippen LogP contribution is 2.34. The summed E-state index contributed by atoms with van der Waals surface area (Å²) in [5, 5.41) is 0.364. The van der Waals surface area contributed by atoms with Crippen LogP contribution in [0.3, 0.4) is 0 Å². The number of rotatable bonds is 6. The normalized spacial score (nSPS) is 20.2. The van der Waals surface area contributed by atoms with Crippen LogP contribution in [0, 0.1) is 5.92 Å². The van der Waals surface area contributed by atoms with Crippen molar-refractivity contribution < 1.29 is 26.4 Å². The molecule has 174 valence electrons. The van der Waals surface area contributed by atoms with Crippen LogP contribution in [-0.2, 0) is 27.5 Å². The molecule has 1 amide bonds. The van der Waals surface area contributed by atoms with Gasteiger partial charge in [0.1, 0.15) is 0 Å². The highest BCUT2D eigenvalue weighted by Gasteiger charge is 2.39. The lowest BCUT2D eigenvalue weighted by Gasteiger charge is -2.34. The number of carbonyl (C=O) groups excluding carboxylic acids is 1. The number of primary amides is 1. The predicted octanol–water partition coefficient (Wildman–Crippen LogP) is 4.98. The van der Waals surface area contributed by atoms with Crippen LogP contribution >= 0.6 is 11.6 Å². The first-order valence-electron chi connectivity index (χ1n) is 10.2. The molecule has 2 N–H and O–H groups in total. The van der Waals surface area contributed by atoms with Gasteiger partial charge >= 0.3 is 6.18 Å². The number of amides is 1. The minimum Gasteiger partial charge on any atom is -0.369 e. The molecule has 1 fully saturated rings. The van der Waals surface area contributed by atoms with Crippen molar-refractivity contribution in [1.82, 2.24) is 4.31 Å².